The van der Waals surface area contributed by atoms with Crippen molar-refractivity contribution in [3.05, 3.63) is 53.7 Å². The number of aromatic nitrogens is 1. The Balaban J connectivity index is 2.34. The third kappa shape index (κ3) is 2.71. The number of carbonyl (C=O) groups is 1. The van der Waals surface area contributed by atoms with Crippen LogP contribution in [0.1, 0.15) is 15.9 Å². The standard InChI is InChI=1S/C13H8N2OS/c14-8-11-7-10(9-16)4-5-12(11)17-13-3-1-2-6-15-13/h1-7,9H. The second kappa shape index (κ2) is 5.28. The molecule has 0 aliphatic rings. The zero-order chi connectivity index (χ0) is 12.1. The molecule has 0 radical (unpaired) electrons. The summed E-state index contributed by atoms with van der Waals surface area (Å²) in [6, 6.07) is 12.7. The minimum absolute atomic E-state index is 0.491. The zero-order valence-electron chi connectivity index (χ0n) is 8.83. The van der Waals surface area contributed by atoms with E-state index in [1.54, 1.807) is 24.4 Å². The lowest BCUT2D eigenvalue weighted by molar-refractivity contribution is 0.112. The van der Waals surface area contributed by atoms with Crippen LogP contribution in [0.4, 0.5) is 0 Å². The first kappa shape index (κ1) is 11.4. The quantitative estimate of drug-likeness (QED) is 0.774. The van der Waals surface area contributed by atoms with Gasteiger partial charge < -0.3 is 0 Å². The Bertz CT molecular complexity index is 576. The molecule has 0 amide bonds. The normalized spacial score (nSPS) is 9.59. The highest BCUT2D eigenvalue weighted by molar-refractivity contribution is 7.99. The van der Waals surface area contributed by atoms with Crippen LogP contribution in [0.3, 0.4) is 0 Å². The molecule has 0 saturated carbocycles. The lowest BCUT2D eigenvalue weighted by Crippen LogP contribution is -1.87. The molecule has 82 valence electrons. The van der Waals surface area contributed by atoms with Gasteiger partial charge in [0, 0.05) is 16.7 Å². The van der Waals surface area contributed by atoms with E-state index in [1.165, 1.54) is 11.8 Å². The van der Waals surface area contributed by atoms with Gasteiger partial charge in [0.25, 0.3) is 0 Å². The molecular formula is C13H8N2OS. The van der Waals surface area contributed by atoms with Gasteiger partial charge in [0.1, 0.15) is 17.4 Å². The molecule has 2 rings (SSSR count). The van der Waals surface area contributed by atoms with E-state index in [-0.39, 0.29) is 0 Å². The largest absolute Gasteiger partial charge is 0.298 e. The Morgan fingerprint density at radius 3 is 2.82 bits per heavy atom. The van der Waals surface area contributed by atoms with Crippen molar-refractivity contribution >= 4 is 18.0 Å². The fraction of sp³-hybridized carbons (Fsp3) is 0. The molecule has 3 nitrogen and oxygen atoms in total. The number of pyridine rings is 1. The van der Waals surface area contributed by atoms with Crippen LogP contribution in [0.15, 0.2) is 52.5 Å². The van der Waals surface area contributed by atoms with E-state index in [0.29, 0.717) is 11.1 Å². The summed E-state index contributed by atoms with van der Waals surface area (Å²) in [6.45, 7) is 0. The molecule has 0 unspecified atom stereocenters. The van der Waals surface area contributed by atoms with Gasteiger partial charge in [0.05, 0.1) is 5.56 Å². The van der Waals surface area contributed by atoms with Gasteiger partial charge in [-0.2, -0.15) is 5.26 Å². The summed E-state index contributed by atoms with van der Waals surface area (Å²) in [7, 11) is 0. The molecular weight excluding hydrogens is 232 g/mol. The van der Waals surface area contributed by atoms with Crippen molar-refractivity contribution in [3.8, 4) is 6.07 Å². The summed E-state index contributed by atoms with van der Waals surface area (Å²) in [5.74, 6) is 0. The average molecular weight is 240 g/mol. The van der Waals surface area contributed by atoms with Crippen LogP contribution in [-0.4, -0.2) is 11.3 Å². The van der Waals surface area contributed by atoms with Gasteiger partial charge in [-0.25, -0.2) is 4.98 Å². The molecule has 1 aromatic carbocycles. The topological polar surface area (TPSA) is 53.8 Å². The number of benzene rings is 1. The molecule has 1 aromatic heterocycles. The van der Waals surface area contributed by atoms with Gasteiger partial charge in [0.15, 0.2) is 0 Å². The molecule has 4 heteroatoms. The second-order valence-corrected chi connectivity index (χ2v) is 4.32. The van der Waals surface area contributed by atoms with E-state index >= 15 is 0 Å². The number of nitrogens with zero attached hydrogens (tertiary/aromatic N) is 2. The predicted molar refractivity (Wildman–Crippen MR) is 64.9 cm³/mol. The molecule has 2 aromatic rings. The van der Waals surface area contributed by atoms with Crippen molar-refractivity contribution in [1.82, 2.24) is 4.98 Å². The summed E-state index contributed by atoms with van der Waals surface area (Å²) in [5, 5.41) is 9.84. The van der Waals surface area contributed by atoms with Gasteiger partial charge in [-0.05, 0) is 24.3 Å². The van der Waals surface area contributed by atoms with Crippen LogP contribution in [0, 0.1) is 11.3 Å². The highest BCUT2D eigenvalue weighted by atomic mass is 32.2. The van der Waals surface area contributed by atoms with Gasteiger partial charge >= 0.3 is 0 Å². The highest BCUT2D eigenvalue weighted by Crippen LogP contribution is 2.28. The highest BCUT2D eigenvalue weighted by Gasteiger charge is 2.05. The first-order valence-electron chi connectivity index (χ1n) is 4.91. The van der Waals surface area contributed by atoms with Crippen LogP contribution in [-0.2, 0) is 0 Å². The number of carbonyl (C=O) groups excluding carboxylic acids is 1. The van der Waals surface area contributed by atoms with Crippen molar-refractivity contribution in [2.75, 3.05) is 0 Å². The Kier molecular flexibility index (Phi) is 3.53. The molecule has 0 bridgehead atoms. The maximum atomic E-state index is 10.6. The Hall–Kier alpha value is -2.12. The van der Waals surface area contributed by atoms with E-state index < -0.39 is 0 Å². The lowest BCUT2D eigenvalue weighted by Gasteiger charge is -2.03. The van der Waals surface area contributed by atoms with E-state index in [0.717, 1.165) is 16.2 Å². The zero-order valence-corrected chi connectivity index (χ0v) is 9.65. The predicted octanol–water partition coefficient (Wildman–Crippen LogP) is 2.92. The third-order valence-electron chi connectivity index (χ3n) is 2.11. The molecule has 0 atom stereocenters. The molecule has 0 aliphatic carbocycles. The molecule has 17 heavy (non-hydrogen) atoms. The SMILES string of the molecule is N#Cc1cc(C=O)ccc1Sc1ccccn1. The molecule has 1 heterocycles. The van der Waals surface area contributed by atoms with Crippen LogP contribution < -0.4 is 0 Å². The summed E-state index contributed by atoms with van der Waals surface area (Å²) < 4.78 is 0. The average Bonchev–Trinajstić information content (AvgIpc) is 2.40. The fourth-order valence-corrected chi connectivity index (χ4v) is 2.15. The van der Waals surface area contributed by atoms with Crippen molar-refractivity contribution < 1.29 is 4.79 Å². The maximum Gasteiger partial charge on any atom is 0.150 e. The fourth-order valence-electron chi connectivity index (χ4n) is 1.32. The second-order valence-electron chi connectivity index (χ2n) is 3.26. The van der Waals surface area contributed by atoms with E-state index in [4.69, 9.17) is 5.26 Å². The monoisotopic (exact) mass is 240 g/mol. The van der Waals surface area contributed by atoms with Gasteiger partial charge in [-0.1, -0.05) is 23.9 Å². The lowest BCUT2D eigenvalue weighted by atomic mass is 10.1. The Labute approximate surface area is 103 Å². The summed E-state index contributed by atoms with van der Waals surface area (Å²) in [6.07, 6.45) is 2.43. The van der Waals surface area contributed by atoms with Crippen LogP contribution in [0.2, 0.25) is 0 Å². The number of aldehydes is 1. The molecule has 0 fully saturated rings. The Morgan fingerprint density at radius 1 is 1.29 bits per heavy atom. The summed E-state index contributed by atoms with van der Waals surface area (Å²) >= 11 is 1.41. The molecule has 0 N–H and O–H groups in total. The van der Waals surface area contributed by atoms with Crippen LogP contribution >= 0.6 is 11.8 Å². The number of hydrogen-bond donors (Lipinski definition) is 0. The first-order chi connectivity index (χ1) is 8.33. The number of rotatable bonds is 3. The minimum Gasteiger partial charge on any atom is -0.298 e. The maximum absolute atomic E-state index is 10.6. The van der Waals surface area contributed by atoms with Gasteiger partial charge in [0.2, 0.25) is 0 Å². The molecule has 0 saturated heterocycles. The first-order valence-corrected chi connectivity index (χ1v) is 5.73. The van der Waals surface area contributed by atoms with E-state index in [1.807, 2.05) is 18.2 Å². The van der Waals surface area contributed by atoms with Crippen molar-refractivity contribution in [3.63, 3.8) is 0 Å². The van der Waals surface area contributed by atoms with Crippen molar-refractivity contribution in [2.24, 2.45) is 0 Å². The summed E-state index contributed by atoms with van der Waals surface area (Å²) in [5.41, 5.74) is 0.997. The van der Waals surface area contributed by atoms with Crippen LogP contribution in [0.25, 0.3) is 0 Å². The van der Waals surface area contributed by atoms with Crippen LogP contribution in [0.5, 0.6) is 0 Å². The van der Waals surface area contributed by atoms with E-state index in [2.05, 4.69) is 11.1 Å². The van der Waals surface area contributed by atoms with Crippen molar-refractivity contribution in [2.45, 2.75) is 9.92 Å². The Morgan fingerprint density at radius 2 is 2.18 bits per heavy atom. The number of hydrogen-bond acceptors (Lipinski definition) is 4. The van der Waals surface area contributed by atoms with Crippen molar-refractivity contribution in [1.29, 1.82) is 5.26 Å². The van der Waals surface area contributed by atoms with Gasteiger partial charge in [-0.15, -0.1) is 0 Å². The number of nitriles is 1. The van der Waals surface area contributed by atoms with E-state index in [9.17, 15) is 4.79 Å². The smallest absolute Gasteiger partial charge is 0.150 e. The molecule has 0 spiro atoms. The summed E-state index contributed by atoms with van der Waals surface area (Å²) in [4.78, 5) is 15.6. The minimum atomic E-state index is 0.491. The van der Waals surface area contributed by atoms with Gasteiger partial charge in [-0.3, -0.25) is 4.79 Å². The third-order valence-corrected chi connectivity index (χ3v) is 3.14. The molecule has 0 aliphatic heterocycles.